The number of nitrogens with one attached hydrogen (secondary N) is 1. The molecule has 3 heterocycles. The van der Waals surface area contributed by atoms with Gasteiger partial charge in [-0.15, -0.1) is 16.4 Å². The fraction of sp³-hybridized carbons (Fsp3) is 0.308. The van der Waals surface area contributed by atoms with Gasteiger partial charge in [0.15, 0.2) is 5.82 Å². The van der Waals surface area contributed by atoms with Gasteiger partial charge in [0.25, 0.3) is 11.8 Å². The molecular formula is C13H11N5O2S2. The Hall–Kier alpha value is -2.13. The maximum Gasteiger partial charge on any atom is 0.270 e. The van der Waals surface area contributed by atoms with Crippen LogP contribution in [-0.4, -0.2) is 25.6 Å². The smallest absolute Gasteiger partial charge is 0.270 e. The van der Waals surface area contributed by atoms with E-state index in [4.69, 9.17) is 4.52 Å². The second-order valence-corrected chi connectivity index (χ2v) is 6.71. The van der Waals surface area contributed by atoms with Crippen LogP contribution in [0.4, 0.5) is 5.69 Å². The highest BCUT2D eigenvalue weighted by Crippen LogP contribution is 2.40. The zero-order valence-electron chi connectivity index (χ0n) is 11.6. The number of carbonyl (C=O) groups is 1. The van der Waals surface area contributed by atoms with Gasteiger partial charge >= 0.3 is 0 Å². The Bertz CT molecular complexity index is 833. The third-order valence-corrected chi connectivity index (χ3v) is 5.08. The summed E-state index contributed by atoms with van der Waals surface area (Å²) in [5.41, 5.74) is 1.28. The quantitative estimate of drug-likeness (QED) is 0.788. The first-order valence-corrected chi connectivity index (χ1v) is 8.39. The van der Waals surface area contributed by atoms with E-state index in [1.165, 1.54) is 11.3 Å². The molecule has 0 atom stereocenters. The molecule has 1 fully saturated rings. The zero-order valence-corrected chi connectivity index (χ0v) is 13.2. The van der Waals surface area contributed by atoms with Crippen molar-refractivity contribution in [2.24, 2.45) is 0 Å². The van der Waals surface area contributed by atoms with Gasteiger partial charge in [0.1, 0.15) is 9.75 Å². The number of hydrogen-bond acceptors (Lipinski definition) is 8. The molecule has 0 spiro atoms. The fourth-order valence-electron chi connectivity index (χ4n) is 2.03. The van der Waals surface area contributed by atoms with Crippen molar-refractivity contribution in [3.63, 3.8) is 0 Å². The summed E-state index contributed by atoms with van der Waals surface area (Å²) in [4.78, 5) is 17.9. The van der Waals surface area contributed by atoms with E-state index in [0.29, 0.717) is 28.1 Å². The number of rotatable bonds is 4. The summed E-state index contributed by atoms with van der Waals surface area (Å²) in [7, 11) is 0. The van der Waals surface area contributed by atoms with E-state index in [-0.39, 0.29) is 5.91 Å². The summed E-state index contributed by atoms with van der Waals surface area (Å²) in [6, 6.07) is 1.82. The summed E-state index contributed by atoms with van der Waals surface area (Å²) >= 11 is 2.53. The van der Waals surface area contributed by atoms with Crippen LogP contribution in [0.25, 0.3) is 10.8 Å². The van der Waals surface area contributed by atoms with Crippen LogP contribution in [0.15, 0.2) is 16.0 Å². The van der Waals surface area contributed by atoms with Crippen LogP contribution in [0.3, 0.4) is 0 Å². The van der Waals surface area contributed by atoms with Gasteiger partial charge in [-0.25, -0.2) is 0 Å². The predicted molar refractivity (Wildman–Crippen MR) is 82.2 cm³/mol. The van der Waals surface area contributed by atoms with E-state index < -0.39 is 0 Å². The molecule has 4 rings (SSSR count). The third-order valence-electron chi connectivity index (χ3n) is 3.35. The number of aromatic nitrogens is 4. The lowest BCUT2D eigenvalue weighted by Gasteiger charge is -2.02. The maximum atomic E-state index is 12.3. The molecule has 1 amide bonds. The molecule has 0 bridgehead atoms. The van der Waals surface area contributed by atoms with Crippen molar-refractivity contribution in [3.05, 3.63) is 27.8 Å². The first-order chi connectivity index (χ1) is 10.7. The topological polar surface area (TPSA) is 93.8 Å². The molecule has 1 saturated carbocycles. The first-order valence-electron chi connectivity index (χ1n) is 6.74. The molecule has 0 radical (unpaired) electrons. The minimum absolute atomic E-state index is 0.228. The Balaban J connectivity index is 1.59. The molecule has 1 N–H and O–H groups in total. The van der Waals surface area contributed by atoms with E-state index in [0.717, 1.165) is 35.1 Å². The van der Waals surface area contributed by atoms with E-state index in [1.807, 2.05) is 11.4 Å². The van der Waals surface area contributed by atoms with Gasteiger partial charge in [0.2, 0.25) is 0 Å². The van der Waals surface area contributed by atoms with Gasteiger partial charge in [-0.1, -0.05) is 9.64 Å². The number of aryl methyl sites for hydroxylation is 1. The molecule has 22 heavy (non-hydrogen) atoms. The third kappa shape index (κ3) is 2.42. The normalized spacial score (nSPS) is 14.2. The molecule has 1 aliphatic carbocycles. The van der Waals surface area contributed by atoms with Crippen LogP contribution >= 0.6 is 22.9 Å². The molecule has 0 unspecified atom stereocenters. The molecule has 3 aromatic rings. The number of hydrogen-bond donors (Lipinski definition) is 1. The van der Waals surface area contributed by atoms with E-state index in [1.54, 1.807) is 6.92 Å². The molecule has 0 aliphatic heterocycles. The molecule has 9 heteroatoms. The van der Waals surface area contributed by atoms with Crippen LogP contribution in [0.1, 0.15) is 39.9 Å². The monoisotopic (exact) mass is 333 g/mol. The van der Waals surface area contributed by atoms with Crippen molar-refractivity contribution in [1.29, 1.82) is 0 Å². The Morgan fingerprint density at radius 2 is 2.32 bits per heavy atom. The summed E-state index contributed by atoms with van der Waals surface area (Å²) in [5, 5.41) is 12.6. The van der Waals surface area contributed by atoms with Crippen molar-refractivity contribution in [2.75, 3.05) is 5.32 Å². The summed E-state index contributed by atoms with van der Waals surface area (Å²) in [5.74, 6) is 1.41. The predicted octanol–water partition coefficient (Wildman–Crippen LogP) is 3.09. The minimum Gasteiger partial charge on any atom is -0.333 e. The maximum absolute atomic E-state index is 12.3. The van der Waals surface area contributed by atoms with Gasteiger partial charge in [-0.2, -0.15) is 4.98 Å². The van der Waals surface area contributed by atoms with Gasteiger partial charge in [0.05, 0.1) is 11.4 Å². The Morgan fingerprint density at radius 3 is 3.05 bits per heavy atom. The highest BCUT2D eigenvalue weighted by atomic mass is 32.1. The average molecular weight is 333 g/mol. The van der Waals surface area contributed by atoms with Crippen LogP contribution in [0.2, 0.25) is 0 Å². The highest BCUT2D eigenvalue weighted by Gasteiger charge is 2.29. The fourth-order valence-corrected chi connectivity index (χ4v) is 3.35. The number of carbonyl (C=O) groups excluding carboxylic acids is 1. The molecule has 0 saturated heterocycles. The van der Waals surface area contributed by atoms with Crippen LogP contribution in [-0.2, 0) is 0 Å². The van der Waals surface area contributed by atoms with E-state index in [2.05, 4.69) is 25.0 Å². The Labute approximate surface area is 133 Å². The summed E-state index contributed by atoms with van der Waals surface area (Å²) in [6.07, 6.45) is 2.23. The summed E-state index contributed by atoms with van der Waals surface area (Å²) in [6.45, 7) is 1.76. The van der Waals surface area contributed by atoms with E-state index >= 15 is 0 Å². The lowest BCUT2D eigenvalue weighted by Crippen LogP contribution is -2.11. The summed E-state index contributed by atoms with van der Waals surface area (Å²) < 4.78 is 9.10. The molecule has 0 aromatic carbocycles. The highest BCUT2D eigenvalue weighted by molar-refractivity contribution is 7.14. The number of amides is 1. The largest absolute Gasteiger partial charge is 0.333 e. The lowest BCUT2D eigenvalue weighted by molar-refractivity contribution is 0.103. The van der Waals surface area contributed by atoms with Gasteiger partial charge in [0, 0.05) is 5.92 Å². The SMILES string of the molecule is Cc1nnsc1C(=O)Nc1ccsc1-c1nc(C2CC2)no1. The second-order valence-electron chi connectivity index (χ2n) is 5.04. The van der Waals surface area contributed by atoms with Gasteiger partial charge in [-0.3, -0.25) is 4.79 Å². The van der Waals surface area contributed by atoms with Crippen LogP contribution in [0.5, 0.6) is 0 Å². The van der Waals surface area contributed by atoms with E-state index in [9.17, 15) is 4.79 Å². The Kier molecular flexibility index (Phi) is 3.23. The van der Waals surface area contributed by atoms with Gasteiger partial charge in [-0.05, 0) is 42.7 Å². The van der Waals surface area contributed by atoms with Gasteiger partial charge < -0.3 is 9.84 Å². The average Bonchev–Trinajstić information content (AvgIpc) is 2.91. The first kappa shape index (κ1) is 13.5. The van der Waals surface area contributed by atoms with Crippen molar-refractivity contribution >= 4 is 34.5 Å². The molecule has 3 aromatic heterocycles. The standard InChI is InChI=1S/C13H11N5O2S2/c1-6-9(22-18-16-6)12(19)14-8-4-5-21-10(8)13-15-11(17-20-13)7-2-3-7/h4-5,7H,2-3H2,1H3,(H,14,19). The van der Waals surface area contributed by atoms with Crippen molar-refractivity contribution < 1.29 is 9.32 Å². The number of thiophene rings is 1. The molecule has 7 nitrogen and oxygen atoms in total. The van der Waals surface area contributed by atoms with Crippen LogP contribution < -0.4 is 5.32 Å². The number of nitrogens with zero attached hydrogens (tertiary/aromatic N) is 4. The van der Waals surface area contributed by atoms with Crippen molar-refractivity contribution in [2.45, 2.75) is 25.7 Å². The van der Waals surface area contributed by atoms with Crippen LogP contribution in [0, 0.1) is 6.92 Å². The molecule has 1 aliphatic rings. The van der Waals surface area contributed by atoms with Crippen molar-refractivity contribution in [1.82, 2.24) is 19.7 Å². The second kappa shape index (κ2) is 5.25. The van der Waals surface area contributed by atoms with Crippen molar-refractivity contribution in [3.8, 4) is 10.8 Å². The minimum atomic E-state index is -0.228. The Morgan fingerprint density at radius 1 is 1.45 bits per heavy atom. The zero-order chi connectivity index (χ0) is 15.1. The molecular weight excluding hydrogens is 322 g/mol. The number of anilines is 1. The molecule has 112 valence electrons. The lowest BCUT2D eigenvalue weighted by atomic mass is 10.3.